The number of unbranched alkanes of at least 4 members (excludes halogenated alkanes) is 1. The number of aliphatic carboxylic acids is 1. The number of phenols is 2. The number of ether oxygens (including phenoxy) is 2. The van der Waals surface area contributed by atoms with Gasteiger partial charge in [0.2, 0.25) is 21.8 Å². The second kappa shape index (κ2) is 19.7. The molecular formula is C45H39Cl3N6O12S3. The Kier molecular flexibility index (Phi) is 14.0. The number of thiophene rings is 1. The number of carboxylic acids is 1. The molecule has 5 aromatic rings. The summed E-state index contributed by atoms with van der Waals surface area (Å²) in [4.78, 5) is 68.0. The smallest absolute Gasteiger partial charge is 0.340 e. The summed E-state index contributed by atoms with van der Waals surface area (Å²) in [7, 11) is -4.43. The van der Waals surface area contributed by atoms with Crippen LogP contribution in [0, 0.1) is 0 Å². The lowest BCUT2D eigenvalue weighted by molar-refractivity contribution is -0.142. The number of nitrogens with two attached hydrogens (primary N) is 1. The van der Waals surface area contributed by atoms with Crippen LogP contribution in [0.1, 0.15) is 68.7 Å². The molecule has 0 radical (unpaired) electrons. The van der Waals surface area contributed by atoms with Gasteiger partial charge in [0.1, 0.15) is 39.3 Å². The van der Waals surface area contributed by atoms with Crippen molar-refractivity contribution in [2.45, 2.75) is 60.0 Å². The Morgan fingerprint density at radius 2 is 1.61 bits per heavy atom. The number of amides is 3. The summed E-state index contributed by atoms with van der Waals surface area (Å²) in [5, 5.41) is 48.0. The quantitative estimate of drug-likeness (QED) is 0.0360. The molecule has 1 saturated heterocycles. The first-order chi connectivity index (χ1) is 32.7. The Morgan fingerprint density at radius 1 is 0.928 bits per heavy atom. The molecule has 0 aliphatic carbocycles. The normalized spacial score (nSPS) is 16.9. The molecule has 4 heterocycles. The highest BCUT2D eigenvalue weighted by Gasteiger charge is 2.54. The van der Waals surface area contributed by atoms with Gasteiger partial charge in [-0.2, -0.15) is 0 Å². The van der Waals surface area contributed by atoms with E-state index < -0.39 is 67.6 Å². The van der Waals surface area contributed by atoms with E-state index in [1.807, 2.05) is 0 Å². The molecule has 8 rings (SSSR count). The summed E-state index contributed by atoms with van der Waals surface area (Å²) in [6.45, 7) is 0.0253. The van der Waals surface area contributed by atoms with Crippen molar-refractivity contribution >= 4 is 109 Å². The van der Waals surface area contributed by atoms with Gasteiger partial charge in [-0.1, -0.05) is 46.9 Å². The number of esters is 1. The van der Waals surface area contributed by atoms with E-state index in [-0.39, 0.29) is 87.4 Å². The number of rotatable bonds is 14. The van der Waals surface area contributed by atoms with E-state index in [1.165, 1.54) is 30.3 Å². The van der Waals surface area contributed by atoms with Gasteiger partial charge >= 0.3 is 11.9 Å². The van der Waals surface area contributed by atoms with Crippen molar-refractivity contribution in [1.29, 1.82) is 0 Å². The number of anilines is 1. The molecular weight excluding hydrogens is 1020 g/mol. The number of nitrogens with one attached hydrogen (secondary N) is 4. The molecule has 3 aliphatic rings. The molecule has 1 spiro atoms. The number of aromatic hydroxyl groups is 2. The molecule has 4 aromatic carbocycles. The minimum atomic E-state index is -4.43. The highest BCUT2D eigenvalue weighted by molar-refractivity contribution is 7.91. The number of carboxylic acid groups (broad SMARTS) is 1. The van der Waals surface area contributed by atoms with Crippen molar-refractivity contribution in [3.63, 3.8) is 0 Å². The number of nitrogens with zero attached hydrogens (tertiary/aromatic N) is 1. The monoisotopic (exact) mass is 1060 g/mol. The Labute approximate surface area is 417 Å². The van der Waals surface area contributed by atoms with Crippen LogP contribution in [0.4, 0.5) is 5.69 Å². The first kappa shape index (κ1) is 49.2. The van der Waals surface area contributed by atoms with E-state index in [0.717, 1.165) is 11.0 Å². The van der Waals surface area contributed by atoms with Gasteiger partial charge in [0.05, 0.1) is 21.9 Å². The molecule has 24 heteroatoms. The van der Waals surface area contributed by atoms with Crippen LogP contribution in [0.5, 0.6) is 23.0 Å². The minimum Gasteiger partial charge on any atom is -0.508 e. The Morgan fingerprint density at radius 3 is 2.26 bits per heavy atom. The molecule has 69 heavy (non-hydrogen) atoms. The highest BCUT2D eigenvalue weighted by atomic mass is 35.5. The fourth-order valence-corrected chi connectivity index (χ4v) is 11.5. The van der Waals surface area contributed by atoms with Crippen LogP contribution >= 0.6 is 58.4 Å². The van der Waals surface area contributed by atoms with Crippen LogP contribution in [0.25, 0.3) is 0 Å². The van der Waals surface area contributed by atoms with Crippen molar-refractivity contribution in [2.24, 2.45) is 5.14 Å². The average molecular weight is 1060 g/mol. The first-order valence-corrected chi connectivity index (χ1v) is 24.8. The third-order valence-corrected chi connectivity index (χ3v) is 15.2. The maximum absolute atomic E-state index is 14.0. The van der Waals surface area contributed by atoms with Gasteiger partial charge in [-0.3, -0.25) is 14.4 Å². The number of likely N-dealkylation sites (tertiary alicyclic amines) is 1. The molecule has 360 valence electrons. The Balaban J connectivity index is 0.887. The number of carbonyl (C=O) groups excluding carboxylic acids is 4. The van der Waals surface area contributed by atoms with E-state index in [1.54, 1.807) is 42.5 Å². The van der Waals surface area contributed by atoms with Crippen LogP contribution in [-0.2, 0) is 41.2 Å². The zero-order valence-electron chi connectivity index (χ0n) is 35.6. The third-order valence-electron chi connectivity index (χ3n) is 11.6. The summed E-state index contributed by atoms with van der Waals surface area (Å²) < 4.78 is 36.3. The van der Waals surface area contributed by atoms with Crippen LogP contribution < -0.4 is 31.1 Å². The molecule has 3 amide bonds. The maximum atomic E-state index is 14.0. The lowest BCUT2D eigenvalue weighted by atomic mass is 9.77. The SMILES string of the molecule is NS(=O)(=O)c1sc(Cl)cc1C(=O)N1C[C@H](NC(=O)Cc2ccc(Cl)cc2Cl)C[C@@H]1C(=O)N[C@@H](CCCCNC(=S)Nc1ccc2c(c1)C(=O)OC21c2ccc(O)cc2Oc2cc(O)ccc21)C(=O)O. The average Bonchev–Trinajstić information content (AvgIpc) is 3.97. The fourth-order valence-electron chi connectivity index (χ4n) is 8.55. The summed E-state index contributed by atoms with van der Waals surface area (Å²) >= 11 is 24.4. The molecule has 9 N–H and O–H groups in total. The predicted molar refractivity (Wildman–Crippen MR) is 258 cm³/mol. The summed E-state index contributed by atoms with van der Waals surface area (Å²) in [6, 6.07) is 16.0. The molecule has 0 unspecified atom stereocenters. The van der Waals surface area contributed by atoms with Crippen LogP contribution in [0.3, 0.4) is 0 Å². The number of carbonyl (C=O) groups is 5. The van der Waals surface area contributed by atoms with Gasteiger partial charge in [0, 0.05) is 63.7 Å². The number of phenolic OH excluding ortho intramolecular Hbond substituents is 2. The largest absolute Gasteiger partial charge is 0.508 e. The number of hydrogen-bond donors (Lipinski definition) is 8. The minimum absolute atomic E-state index is 0.0352. The molecule has 1 aromatic heterocycles. The van der Waals surface area contributed by atoms with Gasteiger partial charge in [-0.25, -0.2) is 23.1 Å². The molecule has 3 aliphatic heterocycles. The zero-order valence-corrected chi connectivity index (χ0v) is 40.3. The maximum Gasteiger partial charge on any atom is 0.340 e. The van der Waals surface area contributed by atoms with E-state index >= 15 is 0 Å². The van der Waals surface area contributed by atoms with Crippen molar-refractivity contribution in [3.05, 3.63) is 127 Å². The van der Waals surface area contributed by atoms with Crippen LogP contribution in [-0.4, -0.2) is 94.6 Å². The van der Waals surface area contributed by atoms with Gasteiger partial charge in [-0.05, 0) is 98.1 Å². The standard InChI is InChI=1S/C45H39Cl3N6O12S3/c46-22-5-4-21(32(47)14-22)13-38(57)51-24-16-34(54(20-24)40(59)28-19-37(48)68-43(28)69(49,63)64)39(58)53-33(41(60)61)3-1-2-12-50-44(67)52-23-6-9-29-27(15-23)42(62)66-45(29)30-10-7-25(55)17-35(30)65-36-18-26(56)8-11-31(36)45/h4-11,14-15,17-19,24,33-34,55-56H,1-3,12-13,16,20H2,(H,51,57)(H,53,58)(H,60,61)(H2,49,63,64)(H2,50,52,67)/t24-,33+,34-/m1/s1. The number of thiocarbonyl (C=S) groups is 1. The van der Waals surface area contributed by atoms with E-state index in [0.29, 0.717) is 50.7 Å². The van der Waals surface area contributed by atoms with Crippen LogP contribution in [0.15, 0.2) is 83.1 Å². The predicted octanol–water partition coefficient (Wildman–Crippen LogP) is 6.00. The molecule has 18 nitrogen and oxygen atoms in total. The van der Waals surface area contributed by atoms with Crippen molar-refractivity contribution in [1.82, 2.24) is 20.9 Å². The van der Waals surface area contributed by atoms with Crippen LogP contribution in [0.2, 0.25) is 14.4 Å². The van der Waals surface area contributed by atoms with Crippen molar-refractivity contribution < 1.29 is 57.2 Å². The third kappa shape index (κ3) is 10.3. The number of benzene rings is 4. The van der Waals surface area contributed by atoms with Gasteiger partial charge in [-0.15, -0.1) is 11.3 Å². The topological polar surface area (TPSA) is 276 Å². The molecule has 1 fully saturated rings. The summed E-state index contributed by atoms with van der Waals surface area (Å²) in [5.74, 6) is -3.94. The lowest BCUT2D eigenvalue weighted by Crippen LogP contribution is -2.51. The van der Waals surface area contributed by atoms with Crippen molar-refractivity contribution in [2.75, 3.05) is 18.4 Å². The van der Waals surface area contributed by atoms with Gasteiger partial charge in [0.15, 0.2) is 10.7 Å². The zero-order chi connectivity index (χ0) is 49.5. The molecule has 0 bridgehead atoms. The van der Waals surface area contributed by atoms with Gasteiger partial charge < -0.3 is 51.0 Å². The Hall–Kier alpha value is -6.20. The van der Waals surface area contributed by atoms with E-state index in [2.05, 4.69) is 21.3 Å². The van der Waals surface area contributed by atoms with Gasteiger partial charge in [0.25, 0.3) is 5.91 Å². The molecule has 3 atom stereocenters. The van der Waals surface area contributed by atoms with E-state index in [4.69, 9.17) is 61.6 Å². The van der Waals surface area contributed by atoms with Crippen molar-refractivity contribution in [3.8, 4) is 23.0 Å². The first-order valence-electron chi connectivity index (χ1n) is 20.9. The number of hydrogen-bond acceptors (Lipinski definition) is 13. The second-order valence-electron chi connectivity index (χ2n) is 16.3. The number of sulfonamides is 1. The number of fused-ring (bicyclic) bond motifs is 6. The summed E-state index contributed by atoms with van der Waals surface area (Å²) in [5.41, 5.74) is 0.759. The van der Waals surface area contributed by atoms with E-state index in [9.17, 15) is 47.7 Å². The summed E-state index contributed by atoms with van der Waals surface area (Å²) in [6.07, 6.45) is 0.319. The number of primary sulfonamides is 1. The lowest BCUT2D eigenvalue weighted by Gasteiger charge is -2.36. The second-order valence-corrected chi connectivity index (χ2v) is 20.9. The number of halogens is 3. The Bertz CT molecular complexity index is 3030. The molecule has 0 saturated carbocycles. The fraction of sp³-hybridized carbons (Fsp3) is 0.244. The highest BCUT2D eigenvalue weighted by Crippen LogP contribution is 2.57.